The zero-order valence-electron chi connectivity index (χ0n) is 21.2. The Morgan fingerprint density at radius 3 is 2.54 bits per heavy atom. The van der Waals surface area contributed by atoms with Crippen molar-refractivity contribution in [3.05, 3.63) is 57.0 Å². The van der Waals surface area contributed by atoms with Gasteiger partial charge in [0.15, 0.2) is 0 Å². The third-order valence-corrected chi connectivity index (χ3v) is 8.61. The molecule has 1 aliphatic carbocycles. The van der Waals surface area contributed by atoms with Crippen molar-refractivity contribution in [2.45, 2.75) is 55.8 Å². The third kappa shape index (κ3) is 4.50. The van der Waals surface area contributed by atoms with Crippen molar-refractivity contribution in [1.29, 1.82) is 0 Å². The van der Waals surface area contributed by atoms with E-state index in [4.69, 9.17) is 16.3 Å². The van der Waals surface area contributed by atoms with Crippen molar-refractivity contribution >= 4 is 34.2 Å². The Morgan fingerprint density at radius 2 is 1.87 bits per heavy atom. The number of nitrogens with one attached hydrogen (secondary N) is 2. The zero-order chi connectivity index (χ0) is 27.7. The lowest BCUT2D eigenvalue weighted by Crippen LogP contribution is -2.47. The van der Waals surface area contributed by atoms with E-state index < -0.39 is 34.5 Å². The Kier molecular flexibility index (Phi) is 6.05. The molecule has 3 aromatic rings. The van der Waals surface area contributed by atoms with E-state index in [2.05, 4.69) is 15.2 Å². The molecule has 0 atom stereocenters. The summed E-state index contributed by atoms with van der Waals surface area (Å²) in [5.74, 6) is -0.0221. The smallest absolute Gasteiger partial charge is 0.418 e. The molecule has 3 heterocycles. The number of ether oxygens (including phenoxy) is 1. The first-order valence-corrected chi connectivity index (χ1v) is 13.3. The summed E-state index contributed by atoms with van der Waals surface area (Å²) >= 11 is 6.18. The highest BCUT2D eigenvalue weighted by Gasteiger charge is 2.48. The molecule has 208 valence electrons. The van der Waals surface area contributed by atoms with E-state index in [9.17, 15) is 27.9 Å². The number of likely N-dealkylation sites (tertiary alicyclic amines) is 1. The Hall–Kier alpha value is -3.02. The number of hydrogen-bond donors (Lipinski definition) is 3. The van der Waals surface area contributed by atoms with Gasteiger partial charge in [0.2, 0.25) is 5.91 Å². The fourth-order valence-electron chi connectivity index (χ4n) is 6.36. The molecule has 1 spiro atoms. The fourth-order valence-corrected chi connectivity index (χ4v) is 6.53. The lowest BCUT2D eigenvalue weighted by atomic mass is 9.73. The number of halogens is 4. The van der Waals surface area contributed by atoms with Crippen LogP contribution in [0.2, 0.25) is 5.02 Å². The molecule has 39 heavy (non-hydrogen) atoms. The number of rotatable bonds is 5. The maximum atomic E-state index is 14.1. The largest absolute Gasteiger partial charge is 0.492 e. The van der Waals surface area contributed by atoms with Crippen LogP contribution in [-0.2, 0) is 16.4 Å². The highest BCUT2D eigenvalue weighted by Crippen LogP contribution is 2.46. The molecule has 0 bridgehead atoms. The van der Waals surface area contributed by atoms with Gasteiger partial charge in [-0.15, -0.1) is 0 Å². The van der Waals surface area contributed by atoms with E-state index in [1.165, 1.54) is 6.07 Å². The second kappa shape index (κ2) is 9.00. The van der Waals surface area contributed by atoms with Gasteiger partial charge in [-0.25, -0.2) is 4.79 Å². The van der Waals surface area contributed by atoms with E-state index in [-0.39, 0.29) is 42.1 Å². The molecule has 3 aliphatic rings. The number of aromatic amines is 1. The van der Waals surface area contributed by atoms with Crippen LogP contribution in [0.5, 0.6) is 5.75 Å². The van der Waals surface area contributed by atoms with Crippen molar-refractivity contribution in [1.82, 2.24) is 14.5 Å². The first-order chi connectivity index (χ1) is 18.4. The molecule has 1 aromatic heterocycles. The van der Waals surface area contributed by atoms with Gasteiger partial charge in [-0.05, 0) is 75.5 Å². The molecule has 2 fully saturated rings. The molecule has 2 aliphatic heterocycles. The molecule has 12 heteroatoms. The van der Waals surface area contributed by atoms with Crippen LogP contribution < -0.4 is 15.7 Å². The minimum absolute atomic E-state index is 0.0102. The second-order valence-corrected chi connectivity index (χ2v) is 11.6. The number of carbonyl (C=O) groups excluding carboxylic acids is 1. The van der Waals surface area contributed by atoms with Gasteiger partial charge in [-0.1, -0.05) is 11.6 Å². The van der Waals surface area contributed by atoms with E-state index in [0.29, 0.717) is 37.5 Å². The summed E-state index contributed by atoms with van der Waals surface area (Å²) in [6, 6.07) is 7.23. The normalized spacial score (nSPS) is 24.6. The molecule has 3 N–H and O–H groups in total. The Balaban J connectivity index is 1.15. The standard InChI is InChI=1S/C27H28ClF3N4O4/c1-25(38)13-16(14-25)35-22-19(27(29,30)31)11-17(12-21(22)33-24(35)37)39-9-8-34-6-4-26(5-7-34)18-10-15(28)2-3-20(18)32-23(26)36/h2-3,10-12,16,38H,4-9,13-14H2,1H3,(H,32,36)(H,33,37). The number of aliphatic hydroxyl groups is 1. The summed E-state index contributed by atoms with van der Waals surface area (Å²) in [6.45, 7) is 3.45. The van der Waals surface area contributed by atoms with Crippen molar-refractivity contribution in [2.24, 2.45) is 0 Å². The van der Waals surface area contributed by atoms with Crippen LogP contribution in [0.4, 0.5) is 18.9 Å². The number of aromatic nitrogens is 2. The van der Waals surface area contributed by atoms with Crippen molar-refractivity contribution in [3.63, 3.8) is 0 Å². The molecular formula is C27H28ClF3N4O4. The van der Waals surface area contributed by atoms with Crippen LogP contribution in [0.25, 0.3) is 11.0 Å². The number of anilines is 1. The lowest BCUT2D eigenvalue weighted by molar-refractivity contribution is -0.136. The topological polar surface area (TPSA) is 99.6 Å². The van der Waals surface area contributed by atoms with Gasteiger partial charge in [0, 0.05) is 29.4 Å². The van der Waals surface area contributed by atoms with Gasteiger partial charge in [0.05, 0.1) is 27.6 Å². The average Bonchev–Trinajstić information content (AvgIpc) is 3.30. The summed E-state index contributed by atoms with van der Waals surface area (Å²) in [4.78, 5) is 30.1. The lowest BCUT2D eigenvalue weighted by Gasteiger charge is -2.41. The highest BCUT2D eigenvalue weighted by atomic mass is 35.5. The Labute approximate surface area is 226 Å². The predicted octanol–water partition coefficient (Wildman–Crippen LogP) is 4.45. The van der Waals surface area contributed by atoms with E-state index >= 15 is 0 Å². The number of hydrogen-bond acceptors (Lipinski definition) is 5. The van der Waals surface area contributed by atoms with Gasteiger partial charge < -0.3 is 20.1 Å². The summed E-state index contributed by atoms with van der Waals surface area (Å²) in [7, 11) is 0. The molecule has 2 aromatic carbocycles. The maximum Gasteiger partial charge on any atom is 0.418 e. The number of nitrogens with zero attached hydrogens (tertiary/aromatic N) is 2. The molecule has 8 nitrogen and oxygen atoms in total. The summed E-state index contributed by atoms with van der Waals surface area (Å²) in [6.07, 6.45) is -3.11. The summed E-state index contributed by atoms with van der Waals surface area (Å²) in [5, 5.41) is 13.6. The number of H-pyrrole nitrogens is 1. The van der Waals surface area contributed by atoms with Crippen LogP contribution in [0, 0.1) is 0 Å². The van der Waals surface area contributed by atoms with Crippen molar-refractivity contribution < 1.29 is 27.8 Å². The van der Waals surface area contributed by atoms with E-state index in [1.807, 2.05) is 12.1 Å². The van der Waals surface area contributed by atoms with E-state index in [1.54, 1.807) is 13.0 Å². The maximum absolute atomic E-state index is 14.1. The van der Waals surface area contributed by atoms with Gasteiger partial charge in [0.25, 0.3) is 0 Å². The molecular weight excluding hydrogens is 537 g/mol. The van der Waals surface area contributed by atoms with Gasteiger partial charge in [0.1, 0.15) is 12.4 Å². The molecule has 6 rings (SSSR count). The van der Waals surface area contributed by atoms with Crippen LogP contribution in [0.3, 0.4) is 0 Å². The highest BCUT2D eigenvalue weighted by molar-refractivity contribution is 6.31. The van der Waals surface area contributed by atoms with Crippen molar-refractivity contribution in [2.75, 3.05) is 31.6 Å². The quantitative estimate of drug-likeness (QED) is 0.425. The first-order valence-electron chi connectivity index (χ1n) is 12.9. The second-order valence-electron chi connectivity index (χ2n) is 11.1. The first kappa shape index (κ1) is 26.2. The average molecular weight is 565 g/mol. The number of alkyl halides is 3. The fraction of sp³-hybridized carbons (Fsp3) is 0.481. The molecule has 1 amide bonds. The monoisotopic (exact) mass is 564 g/mol. The molecule has 0 radical (unpaired) electrons. The van der Waals surface area contributed by atoms with Crippen LogP contribution >= 0.6 is 11.6 Å². The van der Waals surface area contributed by atoms with Crippen molar-refractivity contribution in [3.8, 4) is 5.75 Å². The van der Waals surface area contributed by atoms with Gasteiger partial charge in [-0.2, -0.15) is 13.2 Å². The number of piperidine rings is 1. The van der Waals surface area contributed by atoms with Gasteiger partial charge in [-0.3, -0.25) is 14.3 Å². The number of imidazole rings is 1. The zero-order valence-corrected chi connectivity index (χ0v) is 22.0. The Bertz CT molecular complexity index is 1510. The number of fused-ring (bicyclic) bond motifs is 3. The summed E-state index contributed by atoms with van der Waals surface area (Å²) in [5.41, 5.74) is -1.71. The summed E-state index contributed by atoms with van der Waals surface area (Å²) < 4.78 is 49.0. The number of benzene rings is 2. The molecule has 1 saturated heterocycles. The third-order valence-electron chi connectivity index (χ3n) is 8.37. The minimum Gasteiger partial charge on any atom is -0.492 e. The van der Waals surface area contributed by atoms with Crippen LogP contribution in [-0.4, -0.2) is 57.3 Å². The van der Waals surface area contributed by atoms with E-state index in [0.717, 1.165) is 21.9 Å². The SMILES string of the molecule is CC1(O)CC(n2c(=O)[nH]c3cc(OCCN4CCC5(CC4)C(=O)Nc4ccc(Cl)cc45)cc(C(F)(F)F)c32)C1. The van der Waals surface area contributed by atoms with Crippen LogP contribution in [0.1, 0.15) is 49.8 Å². The number of carbonyl (C=O) groups is 1. The molecule has 1 saturated carbocycles. The minimum atomic E-state index is -4.71. The molecule has 0 unspecified atom stereocenters. The Morgan fingerprint density at radius 1 is 1.15 bits per heavy atom. The van der Waals surface area contributed by atoms with Crippen LogP contribution in [0.15, 0.2) is 35.1 Å². The number of amides is 1. The predicted molar refractivity (Wildman–Crippen MR) is 139 cm³/mol. The van der Waals surface area contributed by atoms with Gasteiger partial charge >= 0.3 is 11.9 Å².